The zero-order valence-electron chi connectivity index (χ0n) is 7.51. The maximum Gasteiger partial charge on any atom is 0.144 e. The average Bonchev–Trinajstić information content (AvgIpc) is 2.72. The van der Waals surface area contributed by atoms with Gasteiger partial charge in [-0.3, -0.25) is 10.1 Å². The summed E-state index contributed by atoms with van der Waals surface area (Å²) in [6.07, 6.45) is 7.26. The Morgan fingerprint density at radius 1 is 1.29 bits per heavy atom. The van der Waals surface area contributed by atoms with Crippen LogP contribution in [0.1, 0.15) is 5.82 Å². The van der Waals surface area contributed by atoms with E-state index in [9.17, 15) is 0 Å². The molecular formula is C8H10N6. The van der Waals surface area contributed by atoms with E-state index in [1.165, 1.54) is 6.33 Å². The predicted octanol–water partition coefficient (Wildman–Crippen LogP) is 0.249. The molecule has 2 rings (SSSR count). The van der Waals surface area contributed by atoms with Gasteiger partial charge in [-0.1, -0.05) is 0 Å². The molecule has 2 aromatic heterocycles. The van der Waals surface area contributed by atoms with Crippen molar-refractivity contribution in [3.63, 3.8) is 0 Å². The Hall–Kier alpha value is -1.98. The van der Waals surface area contributed by atoms with Crippen molar-refractivity contribution < 1.29 is 0 Å². The molecule has 6 nitrogen and oxygen atoms in total. The Morgan fingerprint density at radius 3 is 3.00 bits per heavy atom. The molecule has 0 unspecified atom stereocenters. The van der Waals surface area contributed by atoms with Crippen LogP contribution < -0.4 is 5.32 Å². The Balaban J connectivity index is 1.79. The van der Waals surface area contributed by atoms with Crippen LogP contribution in [0, 0.1) is 0 Å². The normalized spacial score (nSPS) is 10.0. The molecule has 0 aliphatic rings. The first-order chi connectivity index (χ1) is 6.95. The van der Waals surface area contributed by atoms with Gasteiger partial charge in [-0.15, -0.1) is 0 Å². The van der Waals surface area contributed by atoms with E-state index in [0.717, 1.165) is 24.6 Å². The van der Waals surface area contributed by atoms with Crippen molar-refractivity contribution >= 4 is 5.82 Å². The number of H-pyrrole nitrogens is 1. The average molecular weight is 190 g/mol. The predicted molar refractivity (Wildman–Crippen MR) is 50.6 cm³/mol. The molecule has 72 valence electrons. The summed E-state index contributed by atoms with van der Waals surface area (Å²) in [4.78, 5) is 12.0. The molecule has 0 aromatic carbocycles. The van der Waals surface area contributed by atoms with Gasteiger partial charge in [0.25, 0.3) is 0 Å². The lowest BCUT2D eigenvalue weighted by molar-refractivity contribution is 0.895. The van der Waals surface area contributed by atoms with Gasteiger partial charge in [-0.25, -0.2) is 9.97 Å². The number of hydrogen-bond donors (Lipinski definition) is 2. The van der Waals surface area contributed by atoms with E-state index in [1.54, 1.807) is 18.6 Å². The molecule has 0 radical (unpaired) electrons. The molecule has 0 amide bonds. The summed E-state index contributed by atoms with van der Waals surface area (Å²) >= 11 is 0. The second kappa shape index (κ2) is 4.31. The maximum absolute atomic E-state index is 4.08. The van der Waals surface area contributed by atoms with Crippen molar-refractivity contribution in [2.45, 2.75) is 6.42 Å². The van der Waals surface area contributed by atoms with Gasteiger partial charge in [0.2, 0.25) is 0 Å². The smallest absolute Gasteiger partial charge is 0.144 e. The fourth-order valence-corrected chi connectivity index (χ4v) is 1.05. The Morgan fingerprint density at radius 2 is 2.29 bits per heavy atom. The molecule has 0 aliphatic carbocycles. The first kappa shape index (κ1) is 8.61. The zero-order valence-corrected chi connectivity index (χ0v) is 7.51. The third-order valence-electron chi connectivity index (χ3n) is 1.70. The molecule has 0 aliphatic heterocycles. The lowest BCUT2D eigenvalue weighted by Gasteiger charge is -2.01. The van der Waals surface area contributed by atoms with Crippen molar-refractivity contribution in [1.82, 2.24) is 25.1 Å². The third kappa shape index (κ3) is 2.25. The molecule has 0 spiro atoms. The van der Waals surface area contributed by atoms with Crippen molar-refractivity contribution in [3.05, 3.63) is 30.7 Å². The summed E-state index contributed by atoms with van der Waals surface area (Å²) in [6, 6.07) is 0. The van der Waals surface area contributed by atoms with Crippen LogP contribution in [0.5, 0.6) is 0 Å². The van der Waals surface area contributed by atoms with Gasteiger partial charge >= 0.3 is 0 Å². The standard InChI is InChI=1S/C8H10N6/c1(7-12-6-13-14-7)2-10-8-5-9-3-4-11-8/h3-6H,1-2H2,(H,10,11)(H,12,13,14). The van der Waals surface area contributed by atoms with Crippen LogP contribution in [0.3, 0.4) is 0 Å². The summed E-state index contributed by atoms with van der Waals surface area (Å²) in [6.45, 7) is 0.758. The van der Waals surface area contributed by atoms with Crippen LogP contribution in [0.15, 0.2) is 24.9 Å². The van der Waals surface area contributed by atoms with E-state index < -0.39 is 0 Å². The second-order valence-electron chi connectivity index (χ2n) is 2.70. The number of nitrogens with one attached hydrogen (secondary N) is 2. The highest BCUT2D eigenvalue weighted by Crippen LogP contribution is 1.97. The van der Waals surface area contributed by atoms with Crippen LogP contribution in [0.2, 0.25) is 0 Å². The third-order valence-corrected chi connectivity index (χ3v) is 1.70. The van der Waals surface area contributed by atoms with Crippen LogP contribution >= 0.6 is 0 Å². The SMILES string of the molecule is c1cnc(NCCc2ncn[nH]2)cn1. The van der Waals surface area contributed by atoms with Gasteiger partial charge in [0.15, 0.2) is 0 Å². The highest BCUT2D eigenvalue weighted by Gasteiger charge is 1.95. The topological polar surface area (TPSA) is 79.4 Å². The largest absolute Gasteiger partial charge is 0.368 e. The lowest BCUT2D eigenvalue weighted by Crippen LogP contribution is -2.07. The maximum atomic E-state index is 4.08. The molecule has 2 N–H and O–H groups in total. The second-order valence-corrected chi connectivity index (χ2v) is 2.70. The molecule has 0 saturated heterocycles. The van der Waals surface area contributed by atoms with E-state index in [-0.39, 0.29) is 0 Å². The first-order valence-corrected chi connectivity index (χ1v) is 4.29. The summed E-state index contributed by atoms with van der Waals surface area (Å²) < 4.78 is 0. The number of anilines is 1. The monoisotopic (exact) mass is 190 g/mol. The summed E-state index contributed by atoms with van der Waals surface area (Å²) in [5.41, 5.74) is 0. The van der Waals surface area contributed by atoms with Crippen molar-refractivity contribution in [2.24, 2.45) is 0 Å². The van der Waals surface area contributed by atoms with E-state index in [2.05, 4.69) is 30.5 Å². The molecule has 0 bridgehead atoms. The van der Waals surface area contributed by atoms with Crippen molar-refractivity contribution in [2.75, 3.05) is 11.9 Å². The zero-order chi connectivity index (χ0) is 9.64. The van der Waals surface area contributed by atoms with Gasteiger partial charge < -0.3 is 5.32 Å². The van der Waals surface area contributed by atoms with E-state index in [0.29, 0.717) is 0 Å². The van der Waals surface area contributed by atoms with Gasteiger partial charge in [0.05, 0.1) is 6.20 Å². The molecule has 2 heterocycles. The van der Waals surface area contributed by atoms with Crippen molar-refractivity contribution in [1.29, 1.82) is 0 Å². The van der Waals surface area contributed by atoms with Crippen LogP contribution in [-0.4, -0.2) is 31.7 Å². The van der Waals surface area contributed by atoms with Gasteiger partial charge in [0.1, 0.15) is 18.0 Å². The quantitative estimate of drug-likeness (QED) is 0.722. The molecule has 0 atom stereocenters. The molecule has 6 heteroatoms. The van der Waals surface area contributed by atoms with Crippen LogP contribution in [-0.2, 0) is 6.42 Å². The summed E-state index contributed by atoms with van der Waals surface area (Å²) in [5.74, 6) is 1.63. The van der Waals surface area contributed by atoms with Gasteiger partial charge in [0, 0.05) is 25.4 Å². The van der Waals surface area contributed by atoms with E-state index in [1.807, 2.05) is 0 Å². The lowest BCUT2D eigenvalue weighted by atomic mass is 10.4. The summed E-state index contributed by atoms with van der Waals surface area (Å²) in [5, 5.41) is 9.66. The Bertz CT molecular complexity index is 357. The van der Waals surface area contributed by atoms with Crippen molar-refractivity contribution in [3.8, 4) is 0 Å². The molecule has 0 fully saturated rings. The van der Waals surface area contributed by atoms with E-state index >= 15 is 0 Å². The first-order valence-electron chi connectivity index (χ1n) is 4.29. The Kier molecular flexibility index (Phi) is 2.65. The van der Waals surface area contributed by atoms with Crippen LogP contribution in [0.25, 0.3) is 0 Å². The highest BCUT2D eigenvalue weighted by atomic mass is 15.2. The van der Waals surface area contributed by atoms with Gasteiger partial charge in [-0.2, -0.15) is 5.10 Å². The summed E-state index contributed by atoms with van der Waals surface area (Å²) in [7, 11) is 0. The number of aromatic amines is 1. The number of aromatic nitrogens is 5. The van der Waals surface area contributed by atoms with Gasteiger partial charge in [-0.05, 0) is 0 Å². The highest BCUT2D eigenvalue weighted by molar-refractivity contribution is 5.29. The minimum Gasteiger partial charge on any atom is -0.368 e. The molecular weight excluding hydrogens is 180 g/mol. The van der Waals surface area contributed by atoms with E-state index in [4.69, 9.17) is 0 Å². The fraction of sp³-hybridized carbons (Fsp3) is 0.250. The fourth-order valence-electron chi connectivity index (χ4n) is 1.05. The molecule has 0 saturated carbocycles. The number of rotatable bonds is 4. The van der Waals surface area contributed by atoms with Crippen LogP contribution in [0.4, 0.5) is 5.82 Å². The number of hydrogen-bond acceptors (Lipinski definition) is 5. The minimum atomic E-state index is 0.758. The Labute approximate surface area is 80.8 Å². The minimum absolute atomic E-state index is 0.758. The molecule has 14 heavy (non-hydrogen) atoms. The molecule has 2 aromatic rings. The number of nitrogens with zero attached hydrogens (tertiary/aromatic N) is 4.